The van der Waals surface area contributed by atoms with Crippen LogP contribution >= 0.6 is 22.9 Å². The lowest BCUT2D eigenvalue weighted by Crippen LogP contribution is -1.96. The summed E-state index contributed by atoms with van der Waals surface area (Å²) in [7, 11) is 0. The zero-order chi connectivity index (χ0) is 12.6. The van der Waals surface area contributed by atoms with Crippen LogP contribution in [0.3, 0.4) is 0 Å². The molecule has 0 N–H and O–H groups in total. The Bertz CT molecular complexity index is 545. The number of rotatable bonds is 2. The summed E-state index contributed by atoms with van der Waals surface area (Å²) >= 11 is 8.15. The Morgan fingerprint density at radius 3 is 2.41 bits per heavy atom. The van der Waals surface area contributed by atoms with Gasteiger partial charge in [-0.15, -0.1) is 22.9 Å². The van der Waals surface area contributed by atoms with Crippen molar-refractivity contribution in [1.82, 2.24) is 0 Å². The van der Waals surface area contributed by atoms with Crippen LogP contribution in [0, 0.1) is 26.6 Å². The van der Waals surface area contributed by atoms with E-state index in [9.17, 15) is 4.39 Å². The number of aryl methyl sites for hydroxylation is 3. The summed E-state index contributed by atoms with van der Waals surface area (Å²) in [6, 6.07) is 6.89. The lowest BCUT2D eigenvalue weighted by Gasteiger charge is -2.12. The quantitative estimate of drug-likeness (QED) is 0.662. The molecule has 3 heteroatoms. The fourth-order valence-corrected chi connectivity index (χ4v) is 3.51. The van der Waals surface area contributed by atoms with Gasteiger partial charge in [0.05, 0.1) is 5.38 Å². The second kappa shape index (κ2) is 4.79. The normalized spacial score (nSPS) is 12.8. The number of benzene rings is 1. The molecule has 0 aliphatic carbocycles. The Morgan fingerprint density at radius 2 is 1.82 bits per heavy atom. The van der Waals surface area contributed by atoms with Gasteiger partial charge in [0.2, 0.25) is 0 Å². The van der Waals surface area contributed by atoms with Crippen LogP contribution in [-0.4, -0.2) is 0 Å². The first-order valence-electron chi connectivity index (χ1n) is 5.46. The van der Waals surface area contributed by atoms with E-state index in [-0.39, 0.29) is 11.2 Å². The number of thiophene rings is 1. The summed E-state index contributed by atoms with van der Waals surface area (Å²) in [5, 5.41) is -0.260. The highest BCUT2D eigenvalue weighted by Gasteiger charge is 2.18. The van der Waals surface area contributed by atoms with Gasteiger partial charge < -0.3 is 0 Å². The molecule has 0 aliphatic rings. The van der Waals surface area contributed by atoms with Crippen molar-refractivity contribution in [2.24, 2.45) is 0 Å². The van der Waals surface area contributed by atoms with Gasteiger partial charge in [0.25, 0.3) is 0 Å². The Balaban J connectivity index is 2.46. The molecule has 1 atom stereocenters. The molecule has 0 bridgehead atoms. The maximum Gasteiger partial charge on any atom is 0.123 e. The second-order valence-corrected chi connectivity index (χ2v) is 5.99. The van der Waals surface area contributed by atoms with Gasteiger partial charge in [-0.3, -0.25) is 0 Å². The third kappa shape index (κ3) is 2.53. The molecule has 0 spiro atoms. The molecule has 0 aliphatic heterocycles. The van der Waals surface area contributed by atoms with E-state index >= 15 is 0 Å². The first-order valence-corrected chi connectivity index (χ1v) is 6.71. The zero-order valence-corrected chi connectivity index (χ0v) is 11.6. The molecule has 1 unspecified atom stereocenters. The largest absolute Gasteiger partial charge is 0.207 e. The molecule has 1 aromatic carbocycles. The third-order valence-corrected chi connectivity index (χ3v) is 4.62. The fourth-order valence-electron chi connectivity index (χ4n) is 1.94. The second-order valence-electron chi connectivity index (χ2n) is 4.27. The molecule has 1 heterocycles. The molecule has 0 nitrogen and oxygen atoms in total. The highest BCUT2D eigenvalue weighted by atomic mass is 35.5. The van der Waals surface area contributed by atoms with Crippen LogP contribution in [0.5, 0.6) is 0 Å². The molecule has 17 heavy (non-hydrogen) atoms. The molecule has 1 aromatic heterocycles. The van der Waals surface area contributed by atoms with Crippen molar-refractivity contribution >= 4 is 22.9 Å². The van der Waals surface area contributed by atoms with Crippen molar-refractivity contribution in [3.63, 3.8) is 0 Å². The van der Waals surface area contributed by atoms with Gasteiger partial charge in [-0.2, -0.15) is 0 Å². The minimum absolute atomic E-state index is 0.234. The van der Waals surface area contributed by atoms with E-state index in [1.165, 1.54) is 22.6 Å². The summed E-state index contributed by atoms with van der Waals surface area (Å²) in [5.41, 5.74) is 3.06. The first kappa shape index (κ1) is 12.6. The molecular formula is C14H14ClFS. The maximum atomic E-state index is 13.3. The minimum Gasteiger partial charge on any atom is -0.207 e. The van der Waals surface area contributed by atoms with E-state index in [0.29, 0.717) is 0 Å². The van der Waals surface area contributed by atoms with Crippen molar-refractivity contribution in [1.29, 1.82) is 0 Å². The lowest BCUT2D eigenvalue weighted by molar-refractivity contribution is 0.625. The topological polar surface area (TPSA) is 0 Å². The van der Waals surface area contributed by atoms with Crippen LogP contribution < -0.4 is 0 Å². The Morgan fingerprint density at radius 1 is 1.12 bits per heavy atom. The summed E-state index contributed by atoms with van der Waals surface area (Å²) in [6.45, 7) is 6.06. The predicted octanol–water partition coefficient (Wildman–Crippen LogP) is 5.14. The number of halogens is 2. The van der Waals surface area contributed by atoms with Gasteiger partial charge in [-0.25, -0.2) is 4.39 Å². The van der Waals surface area contributed by atoms with Crippen LogP contribution in [0.15, 0.2) is 24.3 Å². The van der Waals surface area contributed by atoms with Crippen molar-refractivity contribution in [2.75, 3.05) is 0 Å². The van der Waals surface area contributed by atoms with Gasteiger partial charge in [-0.05, 0) is 55.7 Å². The molecule has 90 valence electrons. The molecule has 0 saturated heterocycles. The monoisotopic (exact) mass is 268 g/mol. The Kier molecular flexibility index (Phi) is 3.55. The van der Waals surface area contributed by atoms with Gasteiger partial charge >= 0.3 is 0 Å². The minimum atomic E-state index is -0.260. The molecule has 2 rings (SSSR count). The van der Waals surface area contributed by atoms with E-state index in [2.05, 4.69) is 13.0 Å². The van der Waals surface area contributed by atoms with Crippen LogP contribution in [-0.2, 0) is 0 Å². The van der Waals surface area contributed by atoms with E-state index in [1.54, 1.807) is 17.4 Å². The predicted molar refractivity (Wildman–Crippen MR) is 72.6 cm³/mol. The first-order chi connectivity index (χ1) is 7.99. The van der Waals surface area contributed by atoms with Crippen molar-refractivity contribution in [2.45, 2.75) is 26.1 Å². The average Bonchev–Trinajstić information content (AvgIpc) is 2.60. The lowest BCUT2D eigenvalue weighted by atomic mass is 10.0. The summed E-state index contributed by atoms with van der Waals surface area (Å²) in [5.74, 6) is -0.234. The summed E-state index contributed by atoms with van der Waals surface area (Å²) in [6.07, 6.45) is 0. The van der Waals surface area contributed by atoms with E-state index in [1.807, 2.05) is 13.8 Å². The van der Waals surface area contributed by atoms with Crippen molar-refractivity contribution in [3.8, 4) is 0 Å². The average molecular weight is 269 g/mol. The highest BCUT2D eigenvalue weighted by Crippen LogP contribution is 2.37. The van der Waals surface area contributed by atoms with Gasteiger partial charge in [-0.1, -0.05) is 6.07 Å². The van der Waals surface area contributed by atoms with Crippen LogP contribution in [0.1, 0.15) is 31.8 Å². The van der Waals surface area contributed by atoms with Crippen LogP contribution in [0.4, 0.5) is 4.39 Å². The van der Waals surface area contributed by atoms with Crippen molar-refractivity contribution < 1.29 is 4.39 Å². The van der Waals surface area contributed by atoms with Gasteiger partial charge in [0.15, 0.2) is 0 Å². The maximum absolute atomic E-state index is 13.3. The molecule has 0 amide bonds. The molecule has 0 saturated carbocycles. The van der Waals surface area contributed by atoms with Crippen LogP contribution in [0.25, 0.3) is 0 Å². The van der Waals surface area contributed by atoms with E-state index < -0.39 is 0 Å². The Hall–Kier alpha value is -0.860. The Labute approximate surface area is 110 Å². The molecule has 0 fully saturated rings. The smallest absolute Gasteiger partial charge is 0.123 e. The molecule has 0 radical (unpaired) electrons. The third-order valence-electron chi connectivity index (χ3n) is 2.82. The SMILES string of the molecule is Cc1cc(C)c(C(Cl)c2cc(F)ccc2C)s1. The fraction of sp³-hybridized carbons (Fsp3) is 0.286. The summed E-state index contributed by atoms with van der Waals surface area (Å²) < 4.78 is 13.3. The number of hydrogen-bond donors (Lipinski definition) is 0. The standard InChI is InChI=1S/C14H14ClFS/c1-8-4-5-11(16)7-12(8)13(15)14-9(2)6-10(3)17-14/h4-7,13H,1-3H3. The summed E-state index contributed by atoms with van der Waals surface area (Å²) in [4.78, 5) is 2.34. The number of alkyl halides is 1. The molecule has 2 aromatic rings. The number of hydrogen-bond acceptors (Lipinski definition) is 1. The van der Waals surface area contributed by atoms with E-state index in [4.69, 9.17) is 11.6 Å². The highest BCUT2D eigenvalue weighted by molar-refractivity contribution is 7.12. The van der Waals surface area contributed by atoms with Gasteiger partial charge in [0.1, 0.15) is 5.82 Å². The van der Waals surface area contributed by atoms with Crippen LogP contribution in [0.2, 0.25) is 0 Å². The van der Waals surface area contributed by atoms with Gasteiger partial charge in [0, 0.05) is 9.75 Å². The molecular weight excluding hydrogens is 255 g/mol. The van der Waals surface area contributed by atoms with E-state index in [0.717, 1.165) is 16.0 Å². The zero-order valence-electron chi connectivity index (χ0n) is 10.1. The van der Waals surface area contributed by atoms with Crippen molar-refractivity contribution in [3.05, 3.63) is 56.5 Å².